The fraction of sp³-hybridized carbons (Fsp3) is 1.00. The maximum absolute atomic E-state index is 2.37. The van der Waals surface area contributed by atoms with Gasteiger partial charge < -0.3 is 0 Å². The van der Waals surface area contributed by atoms with E-state index in [0.717, 1.165) is 23.7 Å². The average Bonchev–Trinajstić information content (AvgIpc) is 2.60. The summed E-state index contributed by atoms with van der Waals surface area (Å²) < 4.78 is 0. The third-order valence-electron chi connectivity index (χ3n) is 4.20. The normalized spacial score (nSPS) is 48.5. The highest BCUT2D eigenvalue weighted by atomic mass is 14.5. The van der Waals surface area contributed by atoms with E-state index >= 15 is 0 Å². The summed E-state index contributed by atoms with van der Waals surface area (Å²) >= 11 is 0. The molecule has 0 aliphatic heterocycles. The monoisotopic (exact) mass is 152 g/mol. The summed E-state index contributed by atoms with van der Waals surface area (Å²) in [6.07, 6.45) is 7.60. The molecular weight excluding hydrogens is 132 g/mol. The Morgan fingerprint density at radius 2 is 1.27 bits per heavy atom. The molecule has 0 amide bonds. The second-order valence-electron chi connectivity index (χ2n) is 4.56. The van der Waals surface area contributed by atoms with Crippen LogP contribution in [0.15, 0.2) is 0 Å². The van der Waals surface area contributed by atoms with Crippen molar-refractivity contribution in [3.8, 4) is 0 Å². The van der Waals surface area contributed by atoms with Crippen molar-refractivity contribution in [1.29, 1.82) is 0 Å². The predicted molar refractivity (Wildman–Crippen MR) is 48.4 cm³/mol. The Kier molecular flexibility index (Phi) is 1.95. The molecule has 0 saturated heterocycles. The van der Waals surface area contributed by atoms with Crippen LogP contribution in [0.5, 0.6) is 0 Å². The van der Waals surface area contributed by atoms with Crippen molar-refractivity contribution in [2.75, 3.05) is 0 Å². The SMILES string of the molecule is CC[C@H]1CC2CC1C[C@@H]2CC. The van der Waals surface area contributed by atoms with Crippen molar-refractivity contribution in [2.24, 2.45) is 23.7 Å². The van der Waals surface area contributed by atoms with Gasteiger partial charge in [-0.05, 0) is 42.9 Å². The van der Waals surface area contributed by atoms with Crippen molar-refractivity contribution in [3.63, 3.8) is 0 Å². The van der Waals surface area contributed by atoms with Crippen LogP contribution in [0, 0.1) is 23.7 Å². The summed E-state index contributed by atoms with van der Waals surface area (Å²) in [5.41, 5.74) is 0. The molecule has 2 bridgehead atoms. The van der Waals surface area contributed by atoms with Crippen LogP contribution < -0.4 is 0 Å². The summed E-state index contributed by atoms with van der Waals surface area (Å²) in [6, 6.07) is 0. The van der Waals surface area contributed by atoms with Gasteiger partial charge in [0.1, 0.15) is 0 Å². The van der Waals surface area contributed by atoms with Crippen LogP contribution in [0.1, 0.15) is 46.0 Å². The van der Waals surface area contributed by atoms with E-state index in [0.29, 0.717) is 0 Å². The Bertz CT molecular complexity index is 123. The Labute approximate surface area is 70.4 Å². The van der Waals surface area contributed by atoms with E-state index in [1.807, 2.05) is 0 Å². The van der Waals surface area contributed by atoms with Crippen LogP contribution in [0.4, 0.5) is 0 Å². The van der Waals surface area contributed by atoms with Crippen molar-refractivity contribution < 1.29 is 0 Å². The Morgan fingerprint density at radius 3 is 1.55 bits per heavy atom. The number of rotatable bonds is 2. The third-order valence-corrected chi connectivity index (χ3v) is 4.20. The number of fused-ring (bicyclic) bond motifs is 2. The molecular formula is C11H20. The van der Waals surface area contributed by atoms with Gasteiger partial charge >= 0.3 is 0 Å². The lowest BCUT2D eigenvalue weighted by Crippen LogP contribution is -2.16. The molecule has 0 N–H and O–H groups in total. The molecule has 2 aliphatic rings. The zero-order chi connectivity index (χ0) is 7.84. The largest absolute Gasteiger partial charge is 0.0651 e. The fourth-order valence-electron chi connectivity index (χ4n) is 3.51. The quantitative estimate of drug-likeness (QED) is 0.568. The van der Waals surface area contributed by atoms with Crippen LogP contribution in [0.2, 0.25) is 0 Å². The smallest absolute Gasteiger partial charge is 0.0380 e. The molecule has 64 valence electrons. The summed E-state index contributed by atoms with van der Waals surface area (Å²) in [6.45, 7) is 4.73. The van der Waals surface area contributed by atoms with E-state index in [9.17, 15) is 0 Å². The van der Waals surface area contributed by atoms with E-state index in [1.54, 1.807) is 19.3 Å². The van der Waals surface area contributed by atoms with Gasteiger partial charge in [0.2, 0.25) is 0 Å². The molecule has 0 aromatic carbocycles. The standard InChI is InChI=1S/C11H20/c1-3-8-5-11-7-10(8)6-9(11)4-2/h8-11H,3-7H2,1-2H3/t8-,9-,10?,11?/m0/s1. The van der Waals surface area contributed by atoms with Gasteiger partial charge in [-0.15, -0.1) is 0 Å². The lowest BCUT2D eigenvalue weighted by Gasteiger charge is -2.26. The summed E-state index contributed by atoms with van der Waals surface area (Å²) in [5.74, 6) is 4.50. The topological polar surface area (TPSA) is 0 Å². The Balaban J connectivity index is 1.97. The van der Waals surface area contributed by atoms with Gasteiger partial charge in [0, 0.05) is 0 Å². The highest BCUT2D eigenvalue weighted by Crippen LogP contribution is 2.53. The van der Waals surface area contributed by atoms with Crippen molar-refractivity contribution >= 4 is 0 Å². The first-order valence-corrected chi connectivity index (χ1v) is 5.35. The molecule has 4 atom stereocenters. The number of hydrogen-bond acceptors (Lipinski definition) is 0. The maximum atomic E-state index is 2.37. The molecule has 0 aromatic heterocycles. The van der Waals surface area contributed by atoms with Gasteiger partial charge in [0.25, 0.3) is 0 Å². The molecule has 0 heteroatoms. The zero-order valence-corrected chi connectivity index (χ0v) is 7.84. The first-order chi connectivity index (χ1) is 5.35. The van der Waals surface area contributed by atoms with Crippen molar-refractivity contribution in [2.45, 2.75) is 46.0 Å². The van der Waals surface area contributed by atoms with Gasteiger partial charge in [-0.2, -0.15) is 0 Å². The van der Waals surface area contributed by atoms with Crippen LogP contribution in [0.25, 0.3) is 0 Å². The molecule has 0 aromatic rings. The van der Waals surface area contributed by atoms with Gasteiger partial charge in [0.05, 0.1) is 0 Å². The molecule has 2 unspecified atom stereocenters. The molecule has 11 heavy (non-hydrogen) atoms. The first-order valence-electron chi connectivity index (χ1n) is 5.35. The van der Waals surface area contributed by atoms with E-state index in [2.05, 4.69) is 13.8 Å². The van der Waals surface area contributed by atoms with Gasteiger partial charge in [-0.1, -0.05) is 26.7 Å². The molecule has 2 fully saturated rings. The highest BCUT2D eigenvalue weighted by Gasteiger charge is 2.43. The second-order valence-corrected chi connectivity index (χ2v) is 4.56. The molecule has 2 rings (SSSR count). The second kappa shape index (κ2) is 2.80. The highest BCUT2D eigenvalue weighted by molar-refractivity contribution is 4.93. The minimum Gasteiger partial charge on any atom is -0.0651 e. The van der Waals surface area contributed by atoms with E-state index in [-0.39, 0.29) is 0 Å². The zero-order valence-electron chi connectivity index (χ0n) is 7.84. The summed E-state index contributed by atoms with van der Waals surface area (Å²) in [4.78, 5) is 0. The summed E-state index contributed by atoms with van der Waals surface area (Å²) in [5, 5.41) is 0. The molecule has 0 heterocycles. The predicted octanol–water partition coefficient (Wildman–Crippen LogP) is 3.47. The minimum absolute atomic E-state index is 1.11. The third kappa shape index (κ3) is 1.11. The fourth-order valence-corrected chi connectivity index (χ4v) is 3.51. The average molecular weight is 152 g/mol. The van der Waals surface area contributed by atoms with Gasteiger partial charge in [-0.3, -0.25) is 0 Å². The Morgan fingerprint density at radius 1 is 0.818 bits per heavy atom. The van der Waals surface area contributed by atoms with Crippen LogP contribution >= 0.6 is 0 Å². The maximum Gasteiger partial charge on any atom is -0.0380 e. The lowest BCUT2D eigenvalue weighted by atomic mass is 9.80. The Hall–Kier alpha value is 0. The van der Waals surface area contributed by atoms with Gasteiger partial charge in [0.15, 0.2) is 0 Å². The lowest BCUT2D eigenvalue weighted by molar-refractivity contribution is 0.247. The van der Waals surface area contributed by atoms with E-state index < -0.39 is 0 Å². The summed E-state index contributed by atoms with van der Waals surface area (Å²) in [7, 11) is 0. The molecule has 2 aliphatic carbocycles. The first kappa shape index (κ1) is 7.64. The van der Waals surface area contributed by atoms with Crippen LogP contribution in [-0.4, -0.2) is 0 Å². The van der Waals surface area contributed by atoms with E-state index in [4.69, 9.17) is 0 Å². The van der Waals surface area contributed by atoms with Crippen LogP contribution in [-0.2, 0) is 0 Å². The van der Waals surface area contributed by atoms with Crippen molar-refractivity contribution in [1.82, 2.24) is 0 Å². The molecule has 2 saturated carbocycles. The molecule has 0 radical (unpaired) electrons. The molecule has 0 nitrogen and oxygen atoms in total. The minimum atomic E-state index is 1.11. The molecule has 0 spiro atoms. The van der Waals surface area contributed by atoms with Gasteiger partial charge in [-0.25, -0.2) is 0 Å². The van der Waals surface area contributed by atoms with E-state index in [1.165, 1.54) is 12.8 Å². The number of hydrogen-bond donors (Lipinski definition) is 0. The van der Waals surface area contributed by atoms with Crippen molar-refractivity contribution in [3.05, 3.63) is 0 Å². The van der Waals surface area contributed by atoms with Crippen LogP contribution in [0.3, 0.4) is 0 Å².